The Labute approximate surface area is 179 Å². The third-order valence-corrected chi connectivity index (χ3v) is 6.46. The Kier molecular flexibility index (Phi) is 6.93. The summed E-state index contributed by atoms with van der Waals surface area (Å²) in [5.41, 5.74) is -0.198. The van der Waals surface area contributed by atoms with Crippen LogP contribution in [0.4, 0.5) is 19.1 Å². The van der Waals surface area contributed by atoms with Crippen LogP contribution in [0.5, 0.6) is 11.6 Å². The lowest BCUT2D eigenvalue weighted by Gasteiger charge is -2.32. The molecule has 1 aliphatic heterocycles. The number of hydrogen-bond acceptors (Lipinski definition) is 9. The summed E-state index contributed by atoms with van der Waals surface area (Å²) in [6, 6.07) is 0. The van der Waals surface area contributed by atoms with Gasteiger partial charge < -0.3 is 24.6 Å². The number of likely N-dealkylation sites (N-methyl/N-ethyl adjacent to an activating group) is 1. The Morgan fingerprint density at radius 3 is 2.60 bits per heavy atom. The van der Waals surface area contributed by atoms with E-state index in [4.69, 9.17) is 4.74 Å². The highest BCUT2D eigenvalue weighted by Gasteiger charge is 2.35. The van der Waals surface area contributed by atoms with Crippen LogP contribution in [0.3, 0.4) is 0 Å². The highest BCUT2D eigenvalue weighted by atomic mass is 32.2. The fourth-order valence-electron chi connectivity index (χ4n) is 2.72. The molecule has 1 aliphatic rings. The molecule has 0 radical (unpaired) electrons. The van der Waals surface area contributed by atoms with E-state index in [1.807, 2.05) is 11.9 Å². The third kappa shape index (κ3) is 5.26. The predicted octanol–water partition coefficient (Wildman–Crippen LogP) is 2.71. The van der Waals surface area contributed by atoms with E-state index in [0.717, 1.165) is 49.3 Å². The fourth-order valence-corrected chi connectivity index (χ4v) is 4.79. The Morgan fingerprint density at radius 1 is 1.30 bits per heavy atom. The van der Waals surface area contributed by atoms with Crippen molar-refractivity contribution in [2.75, 3.05) is 52.3 Å². The van der Waals surface area contributed by atoms with Crippen molar-refractivity contribution in [1.29, 1.82) is 0 Å². The Morgan fingerprint density at radius 2 is 2.00 bits per heavy atom. The van der Waals surface area contributed by atoms with Crippen LogP contribution >= 0.6 is 23.1 Å². The molecule has 3 heterocycles. The molecule has 0 spiro atoms. The van der Waals surface area contributed by atoms with E-state index in [2.05, 4.69) is 24.9 Å². The van der Waals surface area contributed by atoms with E-state index in [1.54, 1.807) is 0 Å². The summed E-state index contributed by atoms with van der Waals surface area (Å²) < 4.78 is 48.3. The molecular weight excluding hydrogens is 443 g/mol. The number of aromatic nitrogens is 2. The lowest BCUT2D eigenvalue weighted by Crippen LogP contribution is -2.45. The molecule has 3 rings (SSSR count). The van der Waals surface area contributed by atoms with Crippen molar-refractivity contribution in [2.24, 2.45) is 0 Å². The second-order valence-electron chi connectivity index (χ2n) is 6.33. The minimum absolute atomic E-state index is 0.139. The summed E-state index contributed by atoms with van der Waals surface area (Å²) in [6.07, 6.45) is -3.44. The number of alkyl halides is 3. The topological polar surface area (TPSA) is 79.8 Å². The zero-order valence-corrected chi connectivity index (χ0v) is 18.1. The van der Waals surface area contributed by atoms with Gasteiger partial charge >= 0.3 is 6.36 Å². The zero-order chi connectivity index (χ0) is 21.9. The lowest BCUT2D eigenvalue weighted by molar-refractivity contribution is -0.275. The lowest BCUT2D eigenvalue weighted by atomic mass is 10.3. The van der Waals surface area contributed by atoms with Crippen LogP contribution in [0.2, 0.25) is 0 Å². The molecule has 0 saturated carbocycles. The number of hydrogen-bond donors (Lipinski definition) is 1. The van der Waals surface area contributed by atoms with E-state index in [-0.39, 0.29) is 15.7 Å². The number of halogens is 3. The van der Waals surface area contributed by atoms with Crippen LogP contribution in [-0.2, 0) is 0 Å². The van der Waals surface area contributed by atoms with E-state index < -0.39 is 18.0 Å². The number of carbonyl (C=O) groups is 1. The Hall–Kier alpha value is -2.25. The molecule has 1 N–H and O–H groups in total. The van der Waals surface area contributed by atoms with Crippen molar-refractivity contribution < 1.29 is 27.4 Å². The number of thiophene rings is 1. The molecule has 2 aromatic heterocycles. The van der Waals surface area contributed by atoms with Crippen LogP contribution in [0.1, 0.15) is 10.4 Å². The van der Waals surface area contributed by atoms with Gasteiger partial charge in [0.05, 0.1) is 23.8 Å². The second kappa shape index (κ2) is 9.27. The van der Waals surface area contributed by atoms with Crippen molar-refractivity contribution in [3.8, 4) is 11.6 Å². The molecular formula is C17H20F3N5O3S2. The largest absolute Gasteiger partial charge is 0.573 e. The predicted molar refractivity (Wildman–Crippen MR) is 107 cm³/mol. The SMILES string of the molecule is CNC(=O)c1csc(Sc2cnc(N3CCN(C)CC3)nc2OC)c1OC(F)(F)F. The van der Waals surface area contributed by atoms with Gasteiger partial charge in [0.25, 0.3) is 5.91 Å². The van der Waals surface area contributed by atoms with E-state index in [1.165, 1.54) is 25.7 Å². The highest BCUT2D eigenvalue weighted by molar-refractivity contribution is 8.01. The molecule has 0 unspecified atom stereocenters. The highest BCUT2D eigenvalue weighted by Crippen LogP contribution is 2.46. The standard InChI is InChI=1S/C17H20F3N5O3S2/c1-21-13(26)10-9-29-15(12(10)28-17(18,19)20)30-11-8-22-16(23-14(11)27-3)25-6-4-24(2)5-7-25/h8-9H,4-7H2,1-3H3,(H,21,26). The maximum Gasteiger partial charge on any atom is 0.573 e. The summed E-state index contributed by atoms with van der Waals surface area (Å²) >= 11 is 1.90. The first-order valence-electron chi connectivity index (χ1n) is 8.83. The monoisotopic (exact) mass is 463 g/mol. The summed E-state index contributed by atoms with van der Waals surface area (Å²) in [4.78, 5) is 25.3. The third-order valence-electron chi connectivity index (χ3n) is 4.30. The molecule has 1 amide bonds. The number of nitrogens with zero attached hydrogens (tertiary/aromatic N) is 4. The quantitative estimate of drug-likeness (QED) is 0.701. The molecule has 1 saturated heterocycles. The second-order valence-corrected chi connectivity index (χ2v) is 8.52. The first kappa shape index (κ1) is 22.4. The number of anilines is 1. The van der Waals surface area contributed by atoms with Crippen LogP contribution < -0.4 is 19.7 Å². The van der Waals surface area contributed by atoms with Crippen molar-refractivity contribution in [3.05, 3.63) is 17.1 Å². The van der Waals surface area contributed by atoms with Crippen molar-refractivity contribution >= 4 is 35.0 Å². The van der Waals surface area contributed by atoms with Gasteiger partial charge in [0.15, 0.2) is 5.75 Å². The Balaban J connectivity index is 1.88. The minimum Gasteiger partial charge on any atom is -0.480 e. The van der Waals surface area contributed by atoms with Gasteiger partial charge in [-0.3, -0.25) is 4.79 Å². The van der Waals surface area contributed by atoms with Crippen LogP contribution in [-0.4, -0.2) is 74.5 Å². The average Bonchev–Trinajstić information content (AvgIpc) is 3.08. The number of piperazine rings is 1. The van der Waals surface area contributed by atoms with Gasteiger partial charge in [-0.1, -0.05) is 11.8 Å². The molecule has 8 nitrogen and oxygen atoms in total. The van der Waals surface area contributed by atoms with Crippen molar-refractivity contribution in [2.45, 2.75) is 15.5 Å². The van der Waals surface area contributed by atoms with Gasteiger partial charge in [-0.05, 0) is 7.05 Å². The van der Waals surface area contributed by atoms with Gasteiger partial charge in [0, 0.05) is 38.6 Å². The smallest absolute Gasteiger partial charge is 0.480 e. The van der Waals surface area contributed by atoms with Crippen LogP contribution in [0.15, 0.2) is 20.7 Å². The minimum atomic E-state index is -4.94. The van der Waals surface area contributed by atoms with Gasteiger partial charge in [-0.2, -0.15) is 4.98 Å². The maximum absolute atomic E-state index is 12.9. The van der Waals surface area contributed by atoms with Gasteiger partial charge in [0.1, 0.15) is 4.21 Å². The average molecular weight is 464 g/mol. The van der Waals surface area contributed by atoms with Gasteiger partial charge in [-0.15, -0.1) is 24.5 Å². The summed E-state index contributed by atoms with van der Waals surface area (Å²) in [5.74, 6) is -0.502. The molecule has 164 valence electrons. The van der Waals surface area contributed by atoms with Gasteiger partial charge in [-0.25, -0.2) is 4.98 Å². The van der Waals surface area contributed by atoms with Crippen LogP contribution in [0, 0.1) is 0 Å². The maximum atomic E-state index is 12.9. The first-order chi connectivity index (χ1) is 14.2. The molecule has 2 aromatic rings. The Bertz CT molecular complexity index is 901. The number of nitrogens with one attached hydrogen (secondary N) is 1. The first-order valence-corrected chi connectivity index (χ1v) is 10.5. The van der Waals surface area contributed by atoms with E-state index >= 15 is 0 Å². The summed E-state index contributed by atoms with van der Waals surface area (Å²) in [5, 5.41) is 3.62. The number of ether oxygens (including phenoxy) is 2. The number of amides is 1. The molecule has 1 fully saturated rings. The van der Waals surface area contributed by atoms with Crippen molar-refractivity contribution in [1.82, 2.24) is 20.2 Å². The molecule has 0 aliphatic carbocycles. The zero-order valence-electron chi connectivity index (χ0n) is 16.4. The fraction of sp³-hybridized carbons (Fsp3) is 0.471. The molecule has 30 heavy (non-hydrogen) atoms. The summed E-state index contributed by atoms with van der Waals surface area (Å²) in [6.45, 7) is 3.27. The molecule has 0 atom stereocenters. The van der Waals surface area contributed by atoms with Crippen molar-refractivity contribution in [3.63, 3.8) is 0 Å². The molecule has 13 heteroatoms. The van der Waals surface area contributed by atoms with E-state index in [9.17, 15) is 18.0 Å². The molecule has 0 aromatic carbocycles. The number of methoxy groups -OCH3 is 1. The molecule has 0 bridgehead atoms. The normalized spacial score (nSPS) is 15.2. The van der Waals surface area contributed by atoms with Gasteiger partial charge in [0.2, 0.25) is 11.8 Å². The number of rotatable bonds is 6. The van der Waals surface area contributed by atoms with E-state index in [0.29, 0.717) is 10.8 Å². The summed E-state index contributed by atoms with van der Waals surface area (Å²) in [7, 11) is 4.79. The van der Waals surface area contributed by atoms with Crippen LogP contribution in [0.25, 0.3) is 0 Å². The number of carbonyl (C=O) groups excluding carboxylic acids is 1.